The smallest absolute Gasteiger partial charge is 0.191 e. The summed E-state index contributed by atoms with van der Waals surface area (Å²) < 4.78 is 7.83. The van der Waals surface area contributed by atoms with Crippen molar-refractivity contribution in [3.8, 4) is 5.75 Å². The molecule has 0 unspecified atom stereocenters. The quantitative estimate of drug-likeness (QED) is 0.622. The van der Waals surface area contributed by atoms with E-state index in [0.29, 0.717) is 6.54 Å². The van der Waals surface area contributed by atoms with Crippen molar-refractivity contribution in [1.29, 1.82) is 0 Å². The first-order valence-corrected chi connectivity index (χ1v) is 9.93. The van der Waals surface area contributed by atoms with E-state index in [0.717, 1.165) is 62.3 Å². The first-order chi connectivity index (χ1) is 13.3. The van der Waals surface area contributed by atoms with Gasteiger partial charge in [-0.15, -0.1) is 10.2 Å². The molecular weight excluding hydrogens is 340 g/mol. The zero-order valence-corrected chi connectivity index (χ0v) is 16.0. The molecule has 0 fully saturated rings. The monoisotopic (exact) mass is 368 g/mol. The van der Waals surface area contributed by atoms with Crippen LogP contribution < -0.4 is 15.4 Å². The van der Waals surface area contributed by atoms with Crippen molar-refractivity contribution in [1.82, 2.24) is 25.4 Å². The van der Waals surface area contributed by atoms with E-state index in [-0.39, 0.29) is 0 Å². The Kier molecular flexibility index (Phi) is 5.55. The third-order valence-corrected chi connectivity index (χ3v) is 5.28. The van der Waals surface area contributed by atoms with Crippen LogP contribution in [0.15, 0.2) is 23.2 Å². The Bertz CT molecular complexity index is 813. The van der Waals surface area contributed by atoms with Gasteiger partial charge >= 0.3 is 0 Å². The van der Waals surface area contributed by atoms with E-state index in [2.05, 4.69) is 48.6 Å². The molecule has 2 aliphatic rings. The van der Waals surface area contributed by atoms with Gasteiger partial charge in [0.05, 0.1) is 13.2 Å². The highest BCUT2D eigenvalue weighted by Gasteiger charge is 2.15. The number of rotatable bonds is 5. The molecule has 27 heavy (non-hydrogen) atoms. The molecule has 2 aliphatic heterocycles. The molecule has 0 bridgehead atoms. The van der Waals surface area contributed by atoms with Gasteiger partial charge in [0.1, 0.15) is 11.6 Å². The molecule has 144 valence electrons. The lowest BCUT2D eigenvalue weighted by atomic mass is 10.1. The predicted molar refractivity (Wildman–Crippen MR) is 105 cm³/mol. The first kappa shape index (κ1) is 17.8. The van der Waals surface area contributed by atoms with E-state index in [1.54, 1.807) is 7.05 Å². The minimum atomic E-state index is 0.642. The molecule has 0 atom stereocenters. The summed E-state index contributed by atoms with van der Waals surface area (Å²) in [5.74, 6) is 3.95. The second-order valence-corrected chi connectivity index (χ2v) is 7.14. The molecule has 1 aromatic carbocycles. The molecule has 2 N–H and O–H groups in total. The van der Waals surface area contributed by atoms with Crippen LogP contribution in [0.5, 0.6) is 5.75 Å². The summed E-state index contributed by atoms with van der Waals surface area (Å²) >= 11 is 0. The third kappa shape index (κ3) is 4.23. The van der Waals surface area contributed by atoms with Crippen LogP contribution in [0.2, 0.25) is 0 Å². The fourth-order valence-electron chi connectivity index (χ4n) is 3.78. The molecule has 0 radical (unpaired) electrons. The van der Waals surface area contributed by atoms with Crippen molar-refractivity contribution in [2.24, 2.45) is 4.99 Å². The van der Waals surface area contributed by atoms with Crippen LogP contribution in [-0.2, 0) is 32.4 Å². The molecule has 7 heteroatoms. The van der Waals surface area contributed by atoms with E-state index in [1.165, 1.54) is 30.4 Å². The summed E-state index contributed by atoms with van der Waals surface area (Å²) in [6.45, 7) is 3.30. The van der Waals surface area contributed by atoms with Crippen molar-refractivity contribution in [3.05, 3.63) is 41.0 Å². The Morgan fingerprint density at radius 3 is 3.07 bits per heavy atom. The average molecular weight is 368 g/mol. The fourth-order valence-corrected chi connectivity index (χ4v) is 3.78. The van der Waals surface area contributed by atoms with Gasteiger partial charge in [-0.1, -0.05) is 18.6 Å². The largest absolute Gasteiger partial charge is 0.493 e. The third-order valence-electron chi connectivity index (χ3n) is 5.28. The lowest BCUT2D eigenvalue weighted by Gasteiger charge is -2.13. The maximum Gasteiger partial charge on any atom is 0.191 e. The van der Waals surface area contributed by atoms with E-state index < -0.39 is 0 Å². The molecule has 7 nitrogen and oxygen atoms in total. The summed E-state index contributed by atoms with van der Waals surface area (Å²) in [6, 6.07) is 6.49. The van der Waals surface area contributed by atoms with Crippen molar-refractivity contribution >= 4 is 5.96 Å². The molecule has 0 aliphatic carbocycles. The van der Waals surface area contributed by atoms with Gasteiger partial charge in [0.15, 0.2) is 11.8 Å². The number of hydrogen-bond acceptors (Lipinski definition) is 4. The second-order valence-electron chi connectivity index (χ2n) is 7.14. The maximum atomic E-state index is 5.57. The number of nitrogens with one attached hydrogen (secondary N) is 2. The van der Waals surface area contributed by atoms with Gasteiger partial charge in [-0.05, 0) is 36.5 Å². The van der Waals surface area contributed by atoms with E-state index in [4.69, 9.17) is 4.74 Å². The lowest BCUT2D eigenvalue weighted by Crippen LogP contribution is -2.38. The van der Waals surface area contributed by atoms with Crippen LogP contribution in [0.25, 0.3) is 0 Å². The molecule has 0 spiro atoms. The zero-order chi connectivity index (χ0) is 18.5. The molecule has 3 heterocycles. The Hall–Kier alpha value is -2.57. The standard InChI is InChI=1S/C20H28N6O/c1-21-20(22-10-8-15-6-7-17-16(13-15)9-12-27-17)23-14-19-25-24-18-5-3-2-4-11-26(18)19/h6-7,13H,2-5,8-12,14H2,1H3,(H2,21,22,23). The van der Waals surface area contributed by atoms with Crippen LogP contribution in [0, 0.1) is 0 Å². The number of aliphatic imine (C=N–C) groups is 1. The van der Waals surface area contributed by atoms with Gasteiger partial charge < -0.3 is 19.9 Å². The summed E-state index contributed by atoms with van der Waals surface area (Å²) in [5.41, 5.74) is 2.65. The molecule has 4 rings (SSSR count). The molecule has 0 saturated heterocycles. The summed E-state index contributed by atoms with van der Waals surface area (Å²) in [5, 5.41) is 15.5. The van der Waals surface area contributed by atoms with E-state index in [1.807, 2.05) is 0 Å². The van der Waals surface area contributed by atoms with Crippen LogP contribution in [0.3, 0.4) is 0 Å². The number of nitrogens with zero attached hydrogens (tertiary/aromatic N) is 4. The van der Waals surface area contributed by atoms with Gasteiger partial charge in [-0.3, -0.25) is 4.99 Å². The van der Waals surface area contributed by atoms with E-state index in [9.17, 15) is 0 Å². The summed E-state index contributed by atoms with van der Waals surface area (Å²) in [6.07, 6.45) is 6.69. The number of guanidine groups is 1. The Balaban J connectivity index is 1.27. The highest BCUT2D eigenvalue weighted by atomic mass is 16.5. The fraction of sp³-hybridized carbons (Fsp3) is 0.550. The Morgan fingerprint density at radius 1 is 1.19 bits per heavy atom. The zero-order valence-electron chi connectivity index (χ0n) is 16.0. The van der Waals surface area contributed by atoms with Gasteiger partial charge in [-0.25, -0.2) is 0 Å². The number of benzene rings is 1. The van der Waals surface area contributed by atoms with Crippen LogP contribution >= 0.6 is 0 Å². The molecule has 2 aromatic rings. The van der Waals surface area contributed by atoms with Crippen LogP contribution in [0.1, 0.15) is 42.0 Å². The van der Waals surface area contributed by atoms with Gasteiger partial charge in [0, 0.05) is 33.0 Å². The number of fused-ring (bicyclic) bond motifs is 2. The van der Waals surface area contributed by atoms with Gasteiger partial charge in [0.2, 0.25) is 0 Å². The molecular formula is C20H28N6O. The Morgan fingerprint density at radius 2 is 2.15 bits per heavy atom. The lowest BCUT2D eigenvalue weighted by molar-refractivity contribution is 0.357. The summed E-state index contributed by atoms with van der Waals surface area (Å²) in [7, 11) is 1.80. The maximum absolute atomic E-state index is 5.57. The second kappa shape index (κ2) is 8.41. The summed E-state index contributed by atoms with van der Waals surface area (Å²) in [4.78, 5) is 4.32. The molecule has 1 aromatic heterocycles. The van der Waals surface area contributed by atoms with Crippen LogP contribution in [-0.4, -0.2) is 40.9 Å². The minimum absolute atomic E-state index is 0.642. The number of aromatic nitrogens is 3. The van der Waals surface area contributed by atoms with Crippen LogP contribution in [0.4, 0.5) is 0 Å². The predicted octanol–water partition coefficient (Wildman–Crippen LogP) is 1.85. The number of ether oxygens (including phenoxy) is 1. The number of hydrogen-bond donors (Lipinski definition) is 2. The number of aryl methyl sites for hydroxylation is 1. The van der Waals surface area contributed by atoms with Crippen molar-refractivity contribution in [3.63, 3.8) is 0 Å². The topological polar surface area (TPSA) is 76.4 Å². The van der Waals surface area contributed by atoms with Gasteiger partial charge in [0.25, 0.3) is 0 Å². The average Bonchev–Trinajstić information content (AvgIpc) is 3.24. The SMILES string of the molecule is CN=C(NCCc1ccc2c(c1)CCO2)NCc1nnc2n1CCCCC2. The minimum Gasteiger partial charge on any atom is -0.493 e. The van der Waals surface area contributed by atoms with Crippen molar-refractivity contribution < 1.29 is 4.74 Å². The van der Waals surface area contributed by atoms with Crippen molar-refractivity contribution in [2.45, 2.75) is 51.6 Å². The molecule has 0 amide bonds. The highest BCUT2D eigenvalue weighted by molar-refractivity contribution is 5.79. The van der Waals surface area contributed by atoms with Gasteiger partial charge in [-0.2, -0.15) is 0 Å². The van der Waals surface area contributed by atoms with Crippen molar-refractivity contribution in [2.75, 3.05) is 20.2 Å². The van der Waals surface area contributed by atoms with E-state index >= 15 is 0 Å². The highest BCUT2D eigenvalue weighted by Crippen LogP contribution is 2.25. The molecule has 0 saturated carbocycles. The normalized spacial score (nSPS) is 16.3. The Labute approximate surface area is 160 Å². The first-order valence-electron chi connectivity index (χ1n) is 9.93.